The largest absolute Gasteiger partial charge is 0.465 e. The highest BCUT2D eigenvalue weighted by Gasteiger charge is 2.60. The molecular weight excluding hydrogens is 260 g/mol. The van der Waals surface area contributed by atoms with Crippen molar-refractivity contribution in [2.24, 2.45) is 28.6 Å². The molecule has 0 amide bonds. The van der Waals surface area contributed by atoms with Crippen molar-refractivity contribution >= 4 is 5.97 Å². The van der Waals surface area contributed by atoms with Gasteiger partial charge in [-0.05, 0) is 42.9 Å². The Bertz CT molecular complexity index is 345. The summed E-state index contributed by atoms with van der Waals surface area (Å²) >= 11 is 0. The molecule has 0 aromatic carbocycles. The lowest BCUT2D eigenvalue weighted by atomic mass is 9.72. The van der Waals surface area contributed by atoms with Crippen molar-refractivity contribution in [3.8, 4) is 0 Å². The first kappa shape index (κ1) is 18.5. The molecular formula is C19H36O2. The number of esters is 1. The quantitative estimate of drug-likeness (QED) is 0.528. The maximum Gasteiger partial charge on any atom is 0.312 e. The molecule has 2 heteroatoms. The molecule has 0 aromatic rings. The van der Waals surface area contributed by atoms with Crippen LogP contribution in [0.5, 0.6) is 0 Å². The predicted octanol–water partition coefficient (Wildman–Crippen LogP) is 5.45. The Hall–Kier alpha value is -0.530. The van der Waals surface area contributed by atoms with Gasteiger partial charge in [0.15, 0.2) is 0 Å². The van der Waals surface area contributed by atoms with E-state index in [2.05, 4.69) is 48.5 Å². The van der Waals surface area contributed by atoms with E-state index in [-0.39, 0.29) is 11.4 Å². The molecule has 3 atom stereocenters. The molecule has 2 nitrogen and oxygen atoms in total. The molecule has 1 rings (SSSR count). The van der Waals surface area contributed by atoms with E-state index in [1.807, 2.05) is 0 Å². The third-order valence-corrected chi connectivity index (χ3v) is 5.87. The Kier molecular flexibility index (Phi) is 6.31. The van der Waals surface area contributed by atoms with E-state index >= 15 is 0 Å². The molecule has 21 heavy (non-hydrogen) atoms. The van der Waals surface area contributed by atoms with Crippen molar-refractivity contribution in [2.75, 3.05) is 6.61 Å². The topological polar surface area (TPSA) is 26.3 Å². The van der Waals surface area contributed by atoms with Crippen LogP contribution in [0, 0.1) is 28.6 Å². The van der Waals surface area contributed by atoms with Crippen LogP contribution in [0.3, 0.4) is 0 Å². The monoisotopic (exact) mass is 296 g/mol. The van der Waals surface area contributed by atoms with Gasteiger partial charge in [-0.3, -0.25) is 4.79 Å². The minimum absolute atomic E-state index is 0.0306. The summed E-state index contributed by atoms with van der Waals surface area (Å²) in [5.74, 6) is 1.35. The lowest BCUT2D eigenvalue weighted by molar-refractivity contribution is -0.161. The molecule has 0 aromatic heterocycles. The number of carbonyl (C=O) groups is 1. The van der Waals surface area contributed by atoms with E-state index < -0.39 is 0 Å². The third-order valence-electron chi connectivity index (χ3n) is 5.87. The molecule has 0 N–H and O–H groups in total. The molecule has 0 bridgehead atoms. The highest BCUT2D eigenvalue weighted by molar-refractivity contribution is 5.78. The summed E-state index contributed by atoms with van der Waals surface area (Å²) in [5.41, 5.74) is -0.0308. The Morgan fingerprint density at radius 3 is 2.29 bits per heavy atom. The normalized spacial score (nSPS) is 24.5. The maximum atomic E-state index is 12.7. The molecule has 0 aliphatic heterocycles. The molecule has 3 unspecified atom stereocenters. The van der Waals surface area contributed by atoms with Gasteiger partial charge in [0.05, 0.1) is 12.0 Å². The van der Waals surface area contributed by atoms with Crippen LogP contribution < -0.4 is 0 Å². The Morgan fingerprint density at radius 1 is 1.33 bits per heavy atom. The molecule has 1 fully saturated rings. The number of carbonyl (C=O) groups excluding carboxylic acids is 1. The summed E-state index contributed by atoms with van der Waals surface area (Å²) in [6.45, 7) is 16.0. The first-order valence-electron chi connectivity index (χ1n) is 8.87. The van der Waals surface area contributed by atoms with Crippen LogP contribution in [-0.4, -0.2) is 12.6 Å². The predicted molar refractivity (Wildman–Crippen MR) is 89.1 cm³/mol. The minimum Gasteiger partial charge on any atom is -0.465 e. The van der Waals surface area contributed by atoms with E-state index in [1.165, 1.54) is 19.3 Å². The lowest BCUT2D eigenvalue weighted by Crippen LogP contribution is -2.39. The summed E-state index contributed by atoms with van der Waals surface area (Å²) in [4.78, 5) is 12.7. The fourth-order valence-electron chi connectivity index (χ4n) is 3.52. The Balaban J connectivity index is 2.62. The van der Waals surface area contributed by atoms with Crippen LogP contribution in [0.25, 0.3) is 0 Å². The summed E-state index contributed by atoms with van der Waals surface area (Å²) in [7, 11) is 0. The summed E-state index contributed by atoms with van der Waals surface area (Å²) in [6, 6.07) is 0. The highest BCUT2D eigenvalue weighted by atomic mass is 16.5. The number of ether oxygens (including phenoxy) is 1. The van der Waals surface area contributed by atoms with Gasteiger partial charge in [0.25, 0.3) is 0 Å². The van der Waals surface area contributed by atoms with Crippen molar-refractivity contribution in [2.45, 2.75) is 80.6 Å². The SMILES string of the molecule is CCCCC(CC)COC(=O)C(C)(C(C)C)C1CC1(C)C. The zero-order valence-electron chi connectivity index (χ0n) is 15.3. The molecule has 124 valence electrons. The summed E-state index contributed by atoms with van der Waals surface area (Å²) in [5, 5.41) is 0. The van der Waals surface area contributed by atoms with E-state index in [4.69, 9.17) is 4.74 Å². The van der Waals surface area contributed by atoms with Crippen LogP contribution in [0.15, 0.2) is 0 Å². The summed E-state index contributed by atoms with van der Waals surface area (Å²) < 4.78 is 5.77. The Morgan fingerprint density at radius 2 is 1.90 bits per heavy atom. The van der Waals surface area contributed by atoms with E-state index in [0.29, 0.717) is 29.8 Å². The van der Waals surface area contributed by atoms with Crippen molar-refractivity contribution in [1.29, 1.82) is 0 Å². The lowest BCUT2D eigenvalue weighted by Gasteiger charge is -2.33. The second kappa shape index (κ2) is 7.15. The van der Waals surface area contributed by atoms with Gasteiger partial charge in [-0.2, -0.15) is 0 Å². The van der Waals surface area contributed by atoms with Crippen LogP contribution >= 0.6 is 0 Å². The fraction of sp³-hybridized carbons (Fsp3) is 0.947. The van der Waals surface area contributed by atoms with Crippen LogP contribution in [0.2, 0.25) is 0 Å². The molecule has 0 radical (unpaired) electrons. The average Bonchev–Trinajstić information content (AvgIpc) is 3.06. The van der Waals surface area contributed by atoms with Gasteiger partial charge in [-0.1, -0.05) is 60.8 Å². The summed E-state index contributed by atoms with van der Waals surface area (Å²) in [6.07, 6.45) is 5.86. The van der Waals surface area contributed by atoms with Crippen LogP contribution in [-0.2, 0) is 9.53 Å². The van der Waals surface area contributed by atoms with E-state index in [9.17, 15) is 4.79 Å². The third kappa shape index (κ3) is 4.23. The molecule has 0 saturated heterocycles. The number of hydrogen-bond donors (Lipinski definition) is 0. The van der Waals surface area contributed by atoms with E-state index in [0.717, 1.165) is 12.8 Å². The van der Waals surface area contributed by atoms with Crippen LogP contribution in [0.1, 0.15) is 80.6 Å². The second-order valence-corrected chi connectivity index (χ2v) is 8.20. The van der Waals surface area contributed by atoms with Gasteiger partial charge in [0.1, 0.15) is 0 Å². The first-order chi connectivity index (χ1) is 9.70. The Labute approximate surface area is 132 Å². The number of unbranched alkanes of at least 4 members (excludes halogenated alkanes) is 1. The average molecular weight is 296 g/mol. The second-order valence-electron chi connectivity index (χ2n) is 8.20. The van der Waals surface area contributed by atoms with Crippen molar-refractivity contribution in [3.63, 3.8) is 0 Å². The zero-order chi connectivity index (χ0) is 16.3. The van der Waals surface area contributed by atoms with Gasteiger partial charge in [-0.15, -0.1) is 0 Å². The number of hydrogen-bond acceptors (Lipinski definition) is 2. The first-order valence-corrected chi connectivity index (χ1v) is 8.87. The molecule has 1 aliphatic carbocycles. The van der Waals surface area contributed by atoms with Gasteiger partial charge in [0, 0.05) is 0 Å². The maximum absolute atomic E-state index is 12.7. The van der Waals surface area contributed by atoms with Crippen molar-refractivity contribution < 1.29 is 9.53 Å². The standard InChI is InChI=1S/C19H36O2/c1-8-10-11-15(9-2)13-21-17(20)19(7,14(3)4)16-12-18(16,5)6/h14-16H,8-13H2,1-7H3. The highest BCUT2D eigenvalue weighted by Crippen LogP contribution is 2.63. The molecule has 0 heterocycles. The van der Waals surface area contributed by atoms with Crippen molar-refractivity contribution in [3.05, 3.63) is 0 Å². The van der Waals surface area contributed by atoms with Gasteiger partial charge in [0.2, 0.25) is 0 Å². The minimum atomic E-state index is -0.327. The molecule has 1 saturated carbocycles. The smallest absolute Gasteiger partial charge is 0.312 e. The van der Waals surface area contributed by atoms with Gasteiger partial charge >= 0.3 is 5.97 Å². The van der Waals surface area contributed by atoms with Gasteiger partial charge in [-0.25, -0.2) is 0 Å². The van der Waals surface area contributed by atoms with Gasteiger partial charge < -0.3 is 4.74 Å². The fourth-order valence-corrected chi connectivity index (χ4v) is 3.52. The number of rotatable bonds is 9. The zero-order valence-corrected chi connectivity index (χ0v) is 15.3. The molecule has 0 spiro atoms. The molecule has 1 aliphatic rings. The van der Waals surface area contributed by atoms with Crippen molar-refractivity contribution in [1.82, 2.24) is 0 Å². The van der Waals surface area contributed by atoms with E-state index in [1.54, 1.807) is 0 Å². The van der Waals surface area contributed by atoms with Crippen LogP contribution in [0.4, 0.5) is 0 Å².